The van der Waals surface area contributed by atoms with Gasteiger partial charge in [-0.15, -0.1) is 0 Å². The molecule has 1 aliphatic heterocycles. The van der Waals surface area contributed by atoms with Gasteiger partial charge in [-0.1, -0.05) is 39.8 Å². The number of ketones is 1. The Hall–Kier alpha value is -1.46. The molecular formula is C30H46O5. The first kappa shape index (κ1) is 26.6. The molecule has 1 saturated heterocycles. The number of Topliss-reactive ketones (excluding diaryl/α,β-unsaturated/α-hetero) is 1. The molecule has 5 nitrogen and oxygen atoms in total. The zero-order valence-electron chi connectivity index (χ0n) is 22.4. The zero-order valence-corrected chi connectivity index (χ0v) is 22.4. The van der Waals surface area contributed by atoms with Gasteiger partial charge in [-0.3, -0.25) is 9.59 Å². The van der Waals surface area contributed by atoms with E-state index in [-0.39, 0.29) is 28.4 Å². The molecule has 0 spiro atoms. The lowest BCUT2D eigenvalue weighted by atomic mass is 9.50. The van der Waals surface area contributed by atoms with Gasteiger partial charge in [-0.05, 0) is 97.9 Å². The number of hydrogen-bond donors (Lipinski definition) is 2. The predicted molar refractivity (Wildman–Crippen MR) is 137 cm³/mol. The maximum atomic E-state index is 14.0. The third-order valence-corrected chi connectivity index (χ3v) is 10.8. The summed E-state index contributed by atoms with van der Waals surface area (Å²) in [6.07, 6.45) is 6.35. The number of rotatable bonds is 6. The number of aliphatic carboxylic acids is 1. The number of carboxylic acid groups (broad SMARTS) is 1. The van der Waals surface area contributed by atoms with E-state index in [1.165, 1.54) is 0 Å². The highest BCUT2D eigenvalue weighted by Crippen LogP contribution is 2.64. The summed E-state index contributed by atoms with van der Waals surface area (Å²) >= 11 is 0. The van der Waals surface area contributed by atoms with Crippen LogP contribution >= 0.6 is 0 Å². The number of fused-ring (bicyclic) bond motifs is 4. The van der Waals surface area contributed by atoms with Gasteiger partial charge in [0, 0.05) is 25.2 Å². The Morgan fingerprint density at radius 3 is 2.66 bits per heavy atom. The van der Waals surface area contributed by atoms with Crippen LogP contribution in [0.3, 0.4) is 0 Å². The third kappa shape index (κ3) is 4.45. The van der Waals surface area contributed by atoms with Crippen LogP contribution in [0.1, 0.15) is 86.0 Å². The molecule has 2 unspecified atom stereocenters. The standard InChI is InChI=1S/C30H46O5/c1-17(20(4)28(33)34)8-9-18(2)21-10-11-22-26-24(31)14-23-19(3)16-35-13-7-12-29(23,5)27(26)25(32)15-30(21,22)6/h18-24,31H,1,7-16H2,2-6H3,(H,33,34)/t18-,19-,20?,21-,22+,23+,24?,29+,30-/m1/s1. The Bertz CT molecular complexity index is 904. The fourth-order valence-electron chi connectivity index (χ4n) is 8.70. The van der Waals surface area contributed by atoms with Gasteiger partial charge >= 0.3 is 5.97 Å². The van der Waals surface area contributed by atoms with E-state index < -0.39 is 18.0 Å². The van der Waals surface area contributed by atoms with E-state index in [1.807, 2.05) is 0 Å². The fourth-order valence-corrected chi connectivity index (χ4v) is 8.70. The third-order valence-electron chi connectivity index (χ3n) is 10.8. The Morgan fingerprint density at radius 2 is 1.97 bits per heavy atom. The molecule has 5 heteroatoms. The molecule has 0 amide bonds. The molecule has 1 saturated carbocycles. The van der Waals surface area contributed by atoms with Crippen molar-refractivity contribution in [3.8, 4) is 0 Å². The van der Waals surface area contributed by atoms with Crippen LogP contribution in [-0.4, -0.2) is 41.3 Å². The van der Waals surface area contributed by atoms with E-state index in [2.05, 4.69) is 34.3 Å². The average molecular weight is 487 g/mol. The fraction of sp³-hybridized carbons (Fsp3) is 0.800. The van der Waals surface area contributed by atoms with E-state index in [9.17, 15) is 19.8 Å². The molecule has 4 rings (SSSR count). The van der Waals surface area contributed by atoms with Crippen molar-refractivity contribution in [2.45, 2.75) is 92.1 Å². The number of allylic oxidation sites excluding steroid dienone is 1. The lowest BCUT2D eigenvalue weighted by Gasteiger charge is -2.55. The van der Waals surface area contributed by atoms with Crippen LogP contribution < -0.4 is 0 Å². The molecule has 0 aromatic carbocycles. The summed E-state index contributed by atoms with van der Waals surface area (Å²) in [6.45, 7) is 16.3. The number of aliphatic hydroxyl groups excluding tert-OH is 1. The van der Waals surface area contributed by atoms with E-state index in [0.29, 0.717) is 37.2 Å². The second-order valence-electron chi connectivity index (χ2n) is 12.8. The number of hydrogen-bond acceptors (Lipinski definition) is 4. The van der Waals surface area contributed by atoms with Gasteiger partial charge in [0.1, 0.15) is 0 Å². The topological polar surface area (TPSA) is 83.8 Å². The van der Waals surface area contributed by atoms with Crippen molar-refractivity contribution in [1.82, 2.24) is 0 Å². The molecule has 0 radical (unpaired) electrons. The highest BCUT2D eigenvalue weighted by molar-refractivity contribution is 5.99. The van der Waals surface area contributed by atoms with Gasteiger partial charge in [0.15, 0.2) is 5.78 Å². The van der Waals surface area contributed by atoms with Crippen molar-refractivity contribution in [2.24, 2.45) is 46.3 Å². The molecule has 4 aliphatic rings. The van der Waals surface area contributed by atoms with Crippen LogP contribution in [0.4, 0.5) is 0 Å². The normalized spacial score (nSPS) is 41.2. The summed E-state index contributed by atoms with van der Waals surface area (Å²) in [5.74, 6) is 0.532. The first-order valence-electron chi connectivity index (χ1n) is 13.9. The van der Waals surface area contributed by atoms with Crippen LogP contribution in [0.15, 0.2) is 23.3 Å². The Balaban J connectivity index is 1.61. The number of carboxylic acids is 1. The Morgan fingerprint density at radius 1 is 1.26 bits per heavy atom. The monoisotopic (exact) mass is 486 g/mol. The van der Waals surface area contributed by atoms with Crippen LogP contribution in [0.25, 0.3) is 0 Å². The van der Waals surface area contributed by atoms with E-state index >= 15 is 0 Å². The second kappa shape index (κ2) is 9.78. The Labute approximate surface area is 211 Å². The van der Waals surface area contributed by atoms with Crippen LogP contribution in [0.2, 0.25) is 0 Å². The number of carbonyl (C=O) groups excluding carboxylic acids is 1. The molecule has 2 fully saturated rings. The first-order valence-corrected chi connectivity index (χ1v) is 13.9. The maximum absolute atomic E-state index is 14.0. The van der Waals surface area contributed by atoms with Gasteiger partial charge in [0.05, 0.1) is 12.0 Å². The largest absolute Gasteiger partial charge is 0.481 e. The van der Waals surface area contributed by atoms with Crippen molar-refractivity contribution in [1.29, 1.82) is 0 Å². The summed E-state index contributed by atoms with van der Waals surface area (Å²) in [5, 5.41) is 20.8. The minimum Gasteiger partial charge on any atom is -0.481 e. The quantitative estimate of drug-likeness (QED) is 0.463. The van der Waals surface area contributed by atoms with Gasteiger partial charge < -0.3 is 14.9 Å². The lowest BCUT2D eigenvalue weighted by Crippen LogP contribution is -2.52. The average Bonchev–Trinajstić information content (AvgIpc) is 3.13. The number of carbonyl (C=O) groups is 2. The highest BCUT2D eigenvalue weighted by Gasteiger charge is 2.60. The molecule has 2 N–H and O–H groups in total. The van der Waals surface area contributed by atoms with Crippen molar-refractivity contribution in [3.63, 3.8) is 0 Å². The SMILES string of the molecule is C=C(CC[C@@H](C)[C@H]1CC[C@H]2C3=C(C(=O)C[C@]12C)[C@@]1(C)CCCOC[C@@H](C)[C@@H]1CC3O)C(C)C(=O)O. The van der Waals surface area contributed by atoms with Crippen LogP contribution in [0, 0.1) is 46.3 Å². The predicted octanol–water partition coefficient (Wildman–Crippen LogP) is 5.82. The minimum absolute atomic E-state index is 0.143. The minimum atomic E-state index is -0.818. The van der Waals surface area contributed by atoms with Gasteiger partial charge in [0.2, 0.25) is 0 Å². The van der Waals surface area contributed by atoms with Crippen LogP contribution in [0.5, 0.6) is 0 Å². The van der Waals surface area contributed by atoms with Crippen LogP contribution in [-0.2, 0) is 14.3 Å². The summed E-state index contributed by atoms with van der Waals surface area (Å²) in [7, 11) is 0. The zero-order chi connectivity index (χ0) is 25.7. The highest BCUT2D eigenvalue weighted by atomic mass is 16.5. The van der Waals surface area contributed by atoms with Crippen molar-refractivity contribution >= 4 is 11.8 Å². The van der Waals surface area contributed by atoms with E-state index in [4.69, 9.17) is 4.74 Å². The smallest absolute Gasteiger partial charge is 0.310 e. The molecule has 35 heavy (non-hydrogen) atoms. The van der Waals surface area contributed by atoms with E-state index in [0.717, 1.165) is 61.9 Å². The number of ether oxygens (including phenoxy) is 1. The van der Waals surface area contributed by atoms with Crippen molar-refractivity contribution in [3.05, 3.63) is 23.3 Å². The molecule has 0 bridgehead atoms. The molecule has 3 aliphatic carbocycles. The van der Waals surface area contributed by atoms with Gasteiger partial charge in [-0.2, -0.15) is 0 Å². The lowest BCUT2D eigenvalue weighted by molar-refractivity contribution is -0.140. The molecular weight excluding hydrogens is 440 g/mol. The number of aliphatic hydroxyl groups is 1. The summed E-state index contributed by atoms with van der Waals surface area (Å²) in [4.78, 5) is 25.3. The van der Waals surface area contributed by atoms with Crippen molar-refractivity contribution < 1.29 is 24.5 Å². The summed E-state index contributed by atoms with van der Waals surface area (Å²) < 4.78 is 5.85. The first-order chi connectivity index (χ1) is 16.4. The molecule has 0 aromatic rings. The van der Waals surface area contributed by atoms with E-state index in [1.54, 1.807) is 6.92 Å². The summed E-state index contributed by atoms with van der Waals surface area (Å²) in [5.41, 5.74) is 2.52. The summed E-state index contributed by atoms with van der Waals surface area (Å²) in [6, 6.07) is 0. The molecule has 9 atom stereocenters. The van der Waals surface area contributed by atoms with Gasteiger partial charge in [-0.25, -0.2) is 0 Å². The Kier molecular flexibility index (Phi) is 7.43. The second-order valence-corrected chi connectivity index (χ2v) is 12.8. The molecule has 196 valence electrons. The maximum Gasteiger partial charge on any atom is 0.310 e. The molecule has 0 aromatic heterocycles. The van der Waals surface area contributed by atoms with Crippen molar-refractivity contribution in [2.75, 3.05) is 13.2 Å². The molecule has 1 heterocycles. The van der Waals surface area contributed by atoms with Gasteiger partial charge in [0.25, 0.3) is 0 Å².